The molecule has 2 fully saturated rings. The Bertz CT molecular complexity index is 3450. The van der Waals surface area contributed by atoms with Crippen LogP contribution in [0.3, 0.4) is 0 Å². The molecule has 2 saturated heterocycles. The van der Waals surface area contributed by atoms with Crippen LogP contribution >= 0.6 is 46.3 Å². The molecule has 388 valence electrons. The molecule has 12 rings (SSSR count). The van der Waals surface area contributed by atoms with Crippen LogP contribution in [-0.4, -0.2) is 76.4 Å². The van der Waals surface area contributed by atoms with Crippen LogP contribution < -0.4 is 5.32 Å². The highest BCUT2D eigenvalue weighted by Gasteiger charge is 2.30. The molecule has 0 amide bonds. The number of nitrogens with one attached hydrogen (secondary N) is 1. The van der Waals surface area contributed by atoms with Crippen LogP contribution in [0.15, 0.2) is 132 Å². The molecule has 0 radical (unpaired) electrons. The number of benzene rings is 4. The second kappa shape index (κ2) is 24.0. The lowest BCUT2D eigenvalue weighted by Crippen LogP contribution is -2.38. The van der Waals surface area contributed by atoms with Crippen LogP contribution in [-0.2, 0) is 57.8 Å². The van der Waals surface area contributed by atoms with Gasteiger partial charge in [0.15, 0.2) is 0 Å². The third-order valence-electron chi connectivity index (χ3n) is 14.7. The molecule has 0 spiro atoms. The number of aromatic nitrogens is 6. The van der Waals surface area contributed by atoms with Crippen molar-refractivity contribution in [2.45, 2.75) is 99.9 Å². The monoisotopic (exact) mass is 1110 g/mol. The first kappa shape index (κ1) is 53.9. The fourth-order valence-corrected chi connectivity index (χ4v) is 13.4. The van der Waals surface area contributed by atoms with Crippen molar-refractivity contribution in [1.82, 2.24) is 38.7 Å². The molecular formula is C56H60Cl4N8O4S2. The summed E-state index contributed by atoms with van der Waals surface area (Å²) in [5.74, 6) is 3.14. The maximum atomic E-state index is 13.0. The SMILES string of the molecule is Cl.O=S(=O)(Cl)c1ccc(Cl)cc1.O=S(=O)(c1ccc(Cl)cc1)N1CCC(CCc2nccc(-c3cn4c5c(cccc35)CCC4)n2)CC1.c1cc2c3c(c1)c(-c1ccnc(CCC4CCNCC4)n1)cn3CCC2. The highest BCUT2D eigenvalue weighted by atomic mass is 35.7. The Balaban J connectivity index is 0.000000154. The standard InChI is InChI=1S/C28H29ClN4O2S.C22H26N4.C6H4Cl2O2S.ClH/c29-22-7-9-23(10-8-22)36(34,35)33-17-13-20(14-18-33)6-11-27-30-15-12-26(31-27)25-19-32-16-2-4-21-3-1-5-24(25)28(21)32;1-3-17-4-2-14-26-15-19(18(5-1)22(17)26)20-10-13-24-21(25-20)7-6-16-8-11-23-12-9-16;7-5-1-3-6(4-2-5)11(8,9)10;/h1,3,5,7-10,12,15,19-20H,2,4,6,11,13-14,16-18H2;1,3,5,10,13,15-16,23H,2,4,6-9,11-12,14H2;1-4H;1H. The molecule has 0 bridgehead atoms. The zero-order chi connectivity index (χ0) is 50.5. The number of rotatable bonds is 11. The van der Waals surface area contributed by atoms with E-state index in [1.807, 2.05) is 18.5 Å². The van der Waals surface area contributed by atoms with Crippen LogP contribution in [0.2, 0.25) is 10.0 Å². The summed E-state index contributed by atoms with van der Waals surface area (Å²) in [5.41, 5.74) is 10.1. The van der Waals surface area contributed by atoms with Crippen molar-refractivity contribution in [3.05, 3.63) is 155 Å². The molecule has 4 aliphatic rings. The molecule has 1 N–H and O–H groups in total. The highest BCUT2D eigenvalue weighted by Crippen LogP contribution is 2.37. The van der Waals surface area contributed by atoms with E-state index in [1.54, 1.807) is 28.6 Å². The van der Waals surface area contributed by atoms with E-state index in [-0.39, 0.29) is 17.3 Å². The Morgan fingerprint density at radius 1 is 0.568 bits per heavy atom. The number of hydrogen-bond donors (Lipinski definition) is 1. The zero-order valence-electron chi connectivity index (χ0n) is 41.1. The number of sulfonamides is 1. The van der Waals surface area contributed by atoms with Gasteiger partial charge in [0, 0.05) is 106 Å². The van der Waals surface area contributed by atoms with Crippen molar-refractivity contribution < 1.29 is 16.8 Å². The quantitative estimate of drug-likeness (QED) is 0.125. The second-order valence-electron chi connectivity index (χ2n) is 19.5. The summed E-state index contributed by atoms with van der Waals surface area (Å²) in [6, 6.07) is 29.4. The Hall–Kier alpha value is -4.90. The maximum absolute atomic E-state index is 13.0. The first-order valence-corrected chi connectivity index (χ1v) is 29.9. The van der Waals surface area contributed by atoms with Gasteiger partial charge in [0.1, 0.15) is 11.6 Å². The van der Waals surface area contributed by atoms with Gasteiger partial charge in [-0.25, -0.2) is 36.8 Å². The normalized spacial score (nSPS) is 16.2. The second-order valence-corrected chi connectivity index (χ2v) is 24.9. The summed E-state index contributed by atoms with van der Waals surface area (Å²) in [6.45, 7) is 5.57. The highest BCUT2D eigenvalue weighted by molar-refractivity contribution is 8.13. The summed E-state index contributed by atoms with van der Waals surface area (Å²) < 4.78 is 53.6. The van der Waals surface area contributed by atoms with E-state index in [4.69, 9.17) is 43.9 Å². The number of hydrogen-bond acceptors (Lipinski definition) is 9. The minimum Gasteiger partial charge on any atom is -0.347 e. The fraction of sp³-hybridized carbons (Fsp3) is 0.357. The molecule has 0 aliphatic carbocycles. The van der Waals surface area contributed by atoms with Crippen LogP contribution in [0.25, 0.3) is 44.3 Å². The van der Waals surface area contributed by atoms with E-state index in [0.717, 1.165) is 93.7 Å². The number of aryl methyl sites for hydroxylation is 6. The van der Waals surface area contributed by atoms with Gasteiger partial charge in [-0.1, -0.05) is 59.6 Å². The molecular weight excluding hydrogens is 1050 g/mol. The summed E-state index contributed by atoms with van der Waals surface area (Å²) in [6.07, 6.45) is 21.3. The number of halogens is 4. The fourth-order valence-electron chi connectivity index (χ4n) is 10.9. The topological polar surface area (TPSA) is 145 Å². The maximum Gasteiger partial charge on any atom is 0.261 e. The lowest BCUT2D eigenvalue weighted by Gasteiger charge is -2.31. The van der Waals surface area contributed by atoms with E-state index in [0.29, 0.717) is 33.9 Å². The van der Waals surface area contributed by atoms with Gasteiger partial charge in [-0.2, -0.15) is 4.31 Å². The van der Waals surface area contributed by atoms with Crippen LogP contribution in [0.1, 0.15) is 74.1 Å². The smallest absolute Gasteiger partial charge is 0.261 e. The first-order chi connectivity index (χ1) is 35.4. The lowest BCUT2D eigenvalue weighted by atomic mass is 9.93. The Kier molecular flexibility index (Phi) is 17.5. The minimum atomic E-state index is -3.61. The molecule has 18 heteroatoms. The van der Waals surface area contributed by atoms with Crippen molar-refractivity contribution in [2.75, 3.05) is 26.2 Å². The van der Waals surface area contributed by atoms with Gasteiger partial charge in [0.2, 0.25) is 10.0 Å². The molecule has 8 aromatic rings. The summed E-state index contributed by atoms with van der Waals surface area (Å²) in [4.78, 5) is 19.3. The predicted molar refractivity (Wildman–Crippen MR) is 299 cm³/mol. The number of para-hydroxylation sites is 2. The molecule has 8 heterocycles. The van der Waals surface area contributed by atoms with Crippen molar-refractivity contribution in [1.29, 1.82) is 0 Å². The predicted octanol–water partition coefficient (Wildman–Crippen LogP) is 12.4. The molecule has 4 aromatic heterocycles. The largest absolute Gasteiger partial charge is 0.347 e. The Labute approximate surface area is 454 Å². The molecule has 4 aliphatic heterocycles. The van der Waals surface area contributed by atoms with Gasteiger partial charge >= 0.3 is 0 Å². The zero-order valence-corrected chi connectivity index (χ0v) is 45.8. The molecule has 74 heavy (non-hydrogen) atoms. The molecule has 0 atom stereocenters. The molecule has 0 saturated carbocycles. The van der Waals surface area contributed by atoms with Gasteiger partial charge < -0.3 is 14.5 Å². The summed E-state index contributed by atoms with van der Waals surface area (Å²) >= 11 is 11.4. The van der Waals surface area contributed by atoms with Crippen LogP contribution in [0.4, 0.5) is 0 Å². The molecule has 4 aromatic carbocycles. The summed E-state index contributed by atoms with van der Waals surface area (Å²) in [7, 11) is -2.04. The van der Waals surface area contributed by atoms with E-state index >= 15 is 0 Å². The number of piperidine rings is 2. The lowest BCUT2D eigenvalue weighted by molar-refractivity contribution is 0.263. The molecule has 0 unspecified atom stereocenters. The van der Waals surface area contributed by atoms with Crippen LogP contribution in [0, 0.1) is 11.8 Å². The van der Waals surface area contributed by atoms with Crippen molar-refractivity contribution >= 4 is 87.2 Å². The average molecular weight is 1120 g/mol. The van der Waals surface area contributed by atoms with Crippen molar-refractivity contribution in [3.8, 4) is 22.5 Å². The third-order valence-corrected chi connectivity index (χ3v) is 18.5. The van der Waals surface area contributed by atoms with Gasteiger partial charge in [-0.05, 0) is 161 Å². The van der Waals surface area contributed by atoms with E-state index in [1.165, 1.54) is 107 Å². The minimum absolute atomic E-state index is 0. The van der Waals surface area contributed by atoms with E-state index in [9.17, 15) is 16.8 Å². The van der Waals surface area contributed by atoms with Gasteiger partial charge in [0.05, 0.1) is 32.2 Å². The van der Waals surface area contributed by atoms with Crippen molar-refractivity contribution in [3.63, 3.8) is 0 Å². The van der Waals surface area contributed by atoms with Crippen LogP contribution in [0.5, 0.6) is 0 Å². The van der Waals surface area contributed by atoms with E-state index in [2.05, 4.69) is 79.3 Å². The number of nitrogens with zero attached hydrogens (tertiary/aromatic N) is 7. The van der Waals surface area contributed by atoms with Gasteiger partial charge in [0.25, 0.3) is 9.05 Å². The van der Waals surface area contributed by atoms with Gasteiger partial charge in [-0.3, -0.25) is 0 Å². The first-order valence-electron chi connectivity index (χ1n) is 25.4. The van der Waals surface area contributed by atoms with Gasteiger partial charge in [-0.15, -0.1) is 12.4 Å². The molecule has 12 nitrogen and oxygen atoms in total. The van der Waals surface area contributed by atoms with Crippen molar-refractivity contribution in [2.24, 2.45) is 11.8 Å². The van der Waals surface area contributed by atoms with E-state index < -0.39 is 19.1 Å². The summed E-state index contributed by atoms with van der Waals surface area (Å²) in [5, 5.41) is 7.07. The third kappa shape index (κ3) is 12.5. The Morgan fingerprint density at radius 3 is 1.50 bits per heavy atom. The average Bonchev–Trinajstić information content (AvgIpc) is 3.99. The Morgan fingerprint density at radius 2 is 1.03 bits per heavy atom.